The third kappa shape index (κ3) is 5.26. The van der Waals surface area contributed by atoms with Gasteiger partial charge in [0.2, 0.25) is 5.91 Å². The lowest BCUT2D eigenvalue weighted by atomic mass is 9.79. The average molecular weight is 340 g/mol. The molecule has 1 amide bonds. The van der Waals surface area contributed by atoms with Crippen molar-refractivity contribution in [3.05, 3.63) is 16.1 Å². The second-order valence-electron chi connectivity index (χ2n) is 7.53. The van der Waals surface area contributed by atoms with Crippen molar-refractivity contribution >= 4 is 17.2 Å². The van der Waals surface area contributed by atoms with Gasteiger partial charge in [-0.05, 0) is 25.9 Å². The van der Waals surface area contributed by atoms with E-state index in [9.17, 15) is 4.79 Å². The molecule has 1 aliphatic rings. The number of hydrogen-bond donors (Lipinski definition) is 2. The molecule has 0 aromatic carbocycles. The van der Waals surface area contributed by atoms with Gasteiger partial charge in [0.1, 0.15) is 0 Å². The minimum atomic E-state index is 0.0387. The summed E-state index contributed by atoms with van der Waals surface area (Å²) in [4.78, 5) is 16.9. The number of amides is 1. The van der Waals surface area contributed by atoms with Crippen LogP contribution in [0.15, 0.2) is 5.38 Å². The predicted molar refractivity (Wildman–Crippen MR) is 93.9 cm³/mol. The maximum absolute atomic E-state index is 12.3. The van der Waals surface area contributed by atoms with Gasteiger partial charge in [-0.2, -0.15) is 0 Å². The Morgan fingerprint density at radius 2 is 2.13 bits per heavy atom. The Bertz CT molecular complexity index is 511. The molecule has 1 saturated heterocycles. The molecule has 0 bridgehead atoms. The van der Waals surface area contributed by atoms with Gasteiger partial charge in [-0.1, -0.05) is 20.8 Å². The lowest BCUT2D eigenvalue weighted by molar-refractivity contribution is -0.121. The number of aromatic nitrogens is 1. The van der Waals surface area contributed by atoms with Crippen LogP contribution in [-0.2, 0) is 21.4 Å². The van der Waals surface area contributed by atoms with Gasteiger partial charge in [0, 0.05) is 29.9 Å². The zero-order valence-electron chi connectivity index (χ0n) is 14.7. The van der Waals surface area contributed by atoms with E-state index in [1.54, 1.807) is 18.4 Å². The summed E-state index contributed by atoms with van der Waals surface area (Å²) in [6, 6.07) is 0. The molecule has 0 spiro atoms. The summed E-state index contributed by atoms with van der Waals surface area (Å²) in [5.74, 6) is 0.0461. The van der Waals surface area contributed by atoms with Crippen LogP contribution in [0.25, 0.3) is 0 Å². The van der Waals surface area contributed by atoms with Crippen LogP contribution in [0, 0.1) is 5.41 Å². The Balaban J connectivity index is 1.87. The predicted octanol–water partition coefficient (Wildman–Crippen LogP) is 2.12. The molecule has 1 aromatic heterocycles. The summed E-state index contributed by atoms with van der Waals surface area (Å²) in [6.07, 6.45) is 2.42. The molecule has 0 aliphatic carbocycles. The number of thiazole rings is 1. The molecule has 0 unspecified atom stereocenters. The van der Waals surface area contributed by atoms with E-state index in [0.29, 0.717) is 19.6 Å². The Morgan fingerprint density at radius 1 is 1.43 bits per heavy atom. The molecule has 5 nitrogen and oxygen atoms in total. The van der Waals surface area contributed by atoms with Crippen molar-refractivity contribution in [1.29, 1.82) is 0 Å². The van der Waals surface area contributed by atoms with E-state index in [1.165, 1.54) is 0 Å². The van der Waals surface area contributed by atoms with Gasteiger partial charge in [0.25, 0.3) is 0 Å². The van der Waals surface area contributed by atoms with Crippen molar-refractivity contribution in [3.8, 4) is 0 Å². The van der Waals surface area contributed by atoms with Crippen LogP contribution in [0.2, 0.25) is 0 Å². The highest BCUT2D eigenvalue weighted by molar-refractivity contribution is 7.09. The maximum atomic E-state index is 12.3. The first-order valence-corrected chi connectivity index (χ1v) is 9.14. The van der Waals surface area contributed by atoms with Crippen LogP contribution in [-0.4, -0.2) is 44.2 Å². The number of methoxy groups -OCH3 is 1. The van der Waals surface area contributed by atoms with Crippen molar-refractivity contribution in [2.75, 3.05) is 33.4 Å². The lowest BCUT2D eigenvalue weighted by Gasteiger charge is -2.37. The smallest absolute Gasteiger partial charge is 0.226 e. The molecule has 0 radical (unpaired) electrons. The molecule has 2 heterocycles. The van der Waals surface area contributed by atoms with E-state index >= 15 is 0 Å². The van der Waals surface area contributed by atoms with Crippen LogP contribution in [0.3, 0.4) is 0 Å². The van der Waals surface area contributed by atoms with Crippen LogP contribution in [0.4, 0.5) is 0 Å². The van der Waals surface area contributed by atoms with Crippen molar-refractivity contribution in [3.63, 3.8) is 0 Å². The summed E-state index contributed by atoms with van der Waals surface area (Å²) in [7, 11) is 1.73. The zero-order valence-corrected chi connectivity index (χ0v) is 15.5. The third-order valence-electron chi connectivity index (χ3n) is 4.31. The molecule has 1 aliphatic heterocycles. The molecule has 1 aromatic rings. The summed E-state index contributed by atoms with van der Waals surface area (Å²) < 4.78 is 5.39. The minimum Gasteiger partial charge on any atom is -0.384 e. The van der Waals surface area contributed by atoms with Crippen LogP contribution < -0.4 is 10.6 Å². The normalized spacial score (nSPS) is 17.9. The Morgan fingerprint density at radius 3 is 2.70 bits per heavy atom. The number of nitrogens with zero attached hydrogens (tertiary/aromatic N) is 1. The summed E-state index contributed by atoms with van der Waals surface area (Å²) in [5.41, 5.74) is 0.967. The molecule has 6 heteroatoms. The number of nitrogens with one attached hydrogen (secondary N) is 2. The number of carbonyl (C=O) groups excluding carboxylic acids is 1. The highest BCUT2D eigenvalue weighted by atomic mass is 32.1. The monoisotopic (exact) mass is 339 g/mol. The van der Waals surface area contributed by atoms with Gasteiger partial charge >= 0.3 is 0 Å². The zero-order chi connectivity index (χ0) is 16.9. The Labute approximate surface area is 143 Å². The number of hydrogen-bond acceptors (Lipinski definition) is 5. The van der Waals surface area contributed by atoms with Crippen LogP contribution in [0.5, 0.6) is 0 Å². The second-order valence-corrected chi connectivity index (χ2v) is 8.39. The number of ether oxygens (including phenoxy) is 1. The fourth-order valence-electron chi connectivity index (χ4n) is 2.88. The molecule has 23 heavy (non-hydrogen) atoms. The standard InChI is InChI=1S/C17H29N3O2S/c1-16(2,3)15-20-13(10-23-15)9-14(21)19-11-17(12-22-4)5-7-18-8-6-17/h10,18H,5-9,11-12H2,1-4H3,(H,19,21). The van der Waals surface area contributed by atoms with Crippen molar-refractivity contribution in [2.45, 2.75) is 45.4 Å². The van der Waals surface area contributed by atoms with E-state index in [-0.39, 0.29) is 16.7 Å². The van der Waals surface area contributed by atoms with E-state index in [0.717, 1.165) is 36.6 Å². The van der Waals surface area contributed by atoms with Crippen molar-refractivity contribution in [2.24, 2.45) is 5.41 Å². The summed E-state index contributed by atoms with van der Waals surface area (Å²) in [5, 5.41) is 9.53. The topological polar surface area (TPSA) is 63.2 Å². The van der Waals surface area contributed by atoms with E-state index in [2.05, 4.69) is 36.4 Å². The molecule has 1 fully saturated rings. The second kappa shape index (κ2) is 7.73. The van der Waals surface area contributed by atoms with E-state index < -0.39 is 0 Å². The minimum absolute atomic E-state index is 0.0387. The molecule has 130 valence electrons. The quantitative estimate of drug-likeness (QED) is 0.833. The van der Waals surface area contributed by atoms with Gasteiger partial charge in [-0.25, -0.2) is 4.98 Å². The molecule has 2 N–H and O–H groups in total. The lowest BCUT2D eigenvalue weighted by Crippen LogP contribution is -2.47. The van der Waals surface area contributed by atoms with Crippen molar-refractivity contribution < 1.29 is 9.53 Å². The molecular weight excluding hydrogens is 310 g/mol. The average Bonchev–Trinajstić information content (AvgIpc) is 2.95. The molecule has 0 saturated carbocycles. The molecule has 0 atom stereocenters. The fraction of sp³-hybridized carbons (Fsp3) is 0.765. The number of carbonyl (C=O) groups is 1. The first kappa shape index (κ1) is 18.4. The third-order valence-corrected chi connectivity index (χ3v) is 5.63. The van der Waals surface area contributed by atoms with Crippen LogP contribution >= 0.6 is 11.3 Å². The fourth-order valence-corrected chi connectivity index (χ4v) is 3.79. The van der Waals surface area contributed by atoms with Gasteiger partial charge in [-0.3, -0.25) is 4.79 Å². The van der Waals surface area contributed by atoms with Crippen LogP contribution in [0.1, 0.15) is 44.3 Å². The summed E-state index contributed by atoms with van der Waals surface area (Å²) >= 11 is 1.63. The highest BCUT2D eigenvalue weighted by Gasteiger charge is 2.32. The van der Waals surface area contributed by atoms with E-state index in [4.69, 9.17) is 4.74 Å². The number of rotatable bonds is 6. The first-order chi connectivity index (χ1) is 10.8. The highest BCUT2D eigenvalue weighted by Crippen LogP contribution is 2.28. The van der Waals surface area contributed by atoms with Gasteiger partial charge in [0.15, 0.2) is 0 Å². The molecule has 2 rings (SSSR count). The van der Waals surface area contributed by atoms with Gasteiger partial charge in [0.05, 0.1) is 23.7 Å². The number of piperidine rings is 1. The van der Waals surface area contributed by atoms with E-state index in [1.807, 2.05) is 5.38 Å². The summed E-state index contributed by atoms with van der Waals surface area (Å²) in [6.45, 7) is 9.77. The molecular formula is C17H29N3O2S. The largest absolute Gasteiger partial charge is 0.384 e. The SMILES string of the molecule is COCC1(CNC(=O)Cc2csc(C(C)(C)C)n2)CCNCC1. The maximum Gasteiger partial charge on any atom is 0.226 e. The Hall–Kier alpha value is -0.980. The Kier molecular flexibility index (Phi) is 6.17. The first-order valence-electron chi connectivity index (χ1n) is 8.26. The van der Waals surface area contributed by atoms with Gasteiger partial charge < -0.3 is 15.4 Å². The van der Waals surface area contributed by atoms with Gasteiger partial charge in [-0.15, -0.1) is 11.3 Å². The van der Waals surface area contributed by atoms with Crippen molar-refractivity contribution in [1.82, 2.24) is 15.6 Å².